The number of hydrogen-bond donors (Lipinski definition) is 2. The summed E-state index contributed by atoms with van der Waals surface area (Å²) in [6, 6.07) is 0. The van der Waals surface area contributed by atoms with Crippen molar-refractivity contribution in [2.45, 2.75) is 19.9 Å². The molecule has 0 aliphatic heterocycles. The molecule has 0 aromatic carbocycles. The molecule has 0 saturated heterocycles. The fourth-order valence-corrected chi connectivity index (χ4v) is 1.44. The van der Waals surface area contributed by atoms with E-state index in [1.54, 1.807) is 6.92 Å². The van der Waals surface area contributed by atoms with E-state index in [-0.39, 0.29) is 18.0 Å². The molecule has 0 bridgehead atoms. The van der Waals surface area contributed by atoms with Gasteiger partial charge in [0.05, 0.1) is 11.5 Å². The third-order valence-electron chi connectivity index (χ3n) is 2.26. The van der Waals surface area contributed by atoms with Gasteiger partial charge < -0.3 is 5.32 Å². The maximum Gasteiger partial charge on any atom is 0.309 e. The number of nitrogens with one attached hydrogen (secondary N) is 1. The molecule has 1 amide bonds. The van der Waals surface area contributed by atoms with Crippen molar-refractivity contribution in [1.29, 1.82) is 0 Å². The molecule has 0 radical (unpaired) electrons. The molecule has 1 N–H and O–H groups in total. The number of carbonyl (C=O) groups is 1. The molecule has 1 aromatic heterocycles. The highest BCUT2D eigenvalue weighted by Crippen LogP contribution is 2.16. The lowest BCUT2D eigenvalue weighted by Crippen LogP contribution is -2.26. The monoisotopic (exact) mass is 258 g/mol. The number of nitro groups is 1. The molecular formula is C9H14N4O3S. The molecule has 0 aliphatic rings. The molecule has 17 heavy (non-hydrogen) atoms. The zero-order valence-corrected chi connectivity index (χ0v) is 10.3. The molecule has 1 rings (SSSR count). The van der Waals surface area contributed by atoms with Gasteiger partial charge in [-0.2, -0.15) is 17.7 Å². The van der Waals surface area contributed by atoms with Crippen LogP contribution in [0.4, 0.5) is 5.69 Å². The highest BCUT2D eigenvalue weighted by atomic mass is 32.1. The van der Waals surface area contributed by atoms with Crippen LogP contribution in [0, 0.1) is 17.0 Å². The van der Waals surface area contributed by atoms with E-state index in [2.05, 4.69) is 23.0 Å². The van der Waals surface area contributed by atoms with Gasteiger partial charge in [0.2, 0.25) is 5.91 Å². The van der Waals surface area contributed by atoms with Gasteiger partial charge in [0.15, 0.2) is 0 Å². The van der Waals surface area contributed by atoms with E-state index in [0.717, 1.165) is 0 Å². The van der Waals surface area contributed by atoms with Crippen LogP contribution in [0.25, 0.3) is 0 Å². The van der Waals surface area contributed by atoms with Crippen molar-refractivity contribution >= 4 is 24.2 Å². The number of amides is 1. The van der Waals surface area contributed by atoms with Crippen LogP contribution >= 0.6 is 12.6 Å². The number of carbonyl (C=O) groups excluding carboxylic acids is 1. The first-order valence-electron chi connectivity index (χ1n) is 5.10. The summed E-state index contributed by atoms with van der Waals surface area (Å²) in [5.41, 5.74) is 0.428. The Labute approximate surface area is 104 Å². The second kappa shape index (κ2) is 6.24. The molecule has 0 saturated carbocycles. The van der Waals surface area contributed by atoms with Gasteiger partial charge in [-0.3, -0.25) is 19.6 Å². The quantitative estimate of drug-likeness (QED) is 0.442. The summed E-state index contributed by atoms with van der Waals surface area (Å²) in [4.78, 5) is 21.4. The number of rotatable bonds is 6. The van der Waals surface area contributed by atoms with Crippen molar-refractivity contribution in [3.05, 3.63) is 22.0 Å². The molecule has 0 fully saturated rings. The molecule has 0 aliphatic carbocycles. The Balaban J connectivity index is 2.52. The summed E-state index contributed by atoms with van der Waals surface area (Å²) in [5.74, 6) is 0.467. The SMILES string of the molecule is Cc1c([N+](=O)[O-])cnn1CCC(=O)NCCS. The van der Waals surface area contributed by atoms with E-state index in [4.69, 9.17) is 0 Å². The van der Waals surface area contributed by atoms with Gasteiger partial charge in [-0.15, -0.1) is 0 Å². The van der Waals surface area contributed by atoms with E-state index in [1.165, 1.54) is 10.9 Å². The van der Waals surface area contributed by atoms with Gasteiger partial charge >= 0.3 is 5.69 Å². The molecule has 0 unspecified atom stereocenters. The van der Waals surface area contributed by atoms with E-state index >= 15 is 0 Å². The van der Waals surface area contributed by atoms with Crippen molar-refractivity contribution < 1.29 is 9.72 Å². The van der Waals surface area contributed by atoms with Crippen molar-refractivity contribution in [1.82, 2.24) is 15.1 Å². The summed E-state index contributed by atoms with van der Waals surface area (Å²) >= 11 is 3.97. The van der Waals surface area contributed by atoms with Gasteiger partial charge in [-0.25, -0.2) is 0 Å². The lowest BCUT2D eigenvalue weighted by atomic mass is 10.3. The zero-order chi connectivity index (χ0) is 12.8. The summed E-state index contributed by atoms with van der Waals surface area (Å²) in [7, 11) is 0. The largest absolute Gasteiger partial charge is 0.355 e. The molecule has 1 heterocycles. The standard InChI is InChI=1S/C9H14N4O3S/c1-7-8(13(15)16)6-11-12(7)4-2-9(14)10-3-5-17/h6,17H,2-5H2,1H3,(H,10,14). The van der Waals surface area contributed by atoms with E-state index in [0.29, 0.717) is 24.5 Å². The Morgan fingerprint density at radius 2 is 2.41 bits per heavy atom. The highest BCUT2D eigenvalue weighted by molar-refractivity contribution is 7.80. The van der Waals surface area contributed by atoms with Crippen LogP contribution in [0.5, 0.6) is 0 Å². The van der Waals surface area contributed by atoms with Crippen molar-refractivity contribution in [3.63, 3.8) is 0 Å². The summed E-state index contributed by atoms with van der Waals surface area (Å²) < 4.78 is 1.46. The molecule has 7 nitrogen and oxygen atoms in total. The summed E-state index contributed by atoms with van der Waals surface area (Å²) in [5, 5.41) is 17.1. The minimum absolute atomic E-state index is 0.0271. The van der Waals surface area contributed by atoms with E-state index in [1.807, 2.05) is 0 Å². The molecular weight excluding hydrogens is 244 g/mol. The topological polar surface area (TPSA) is 90.1 Å². The van der Waals surface area contributed by atoms with E-state index < -0.39 is 4.92 Å². The maximum absolute atomic E-state index is 11.3. The van der Waals surface area contributed by atoms with Crippen molar-refractivity contribution in [3.8, 4) is 0 Å². The predicted octanol–water partition coefficient (Wildman–Crippen LogP) is 0.536. The smallest absolute Gasteiger partial charge is 0.309 e. The third kappa shape index (κ3) is 3.74. The predicted molar refractivity (Wildman–Crippen MR) is 65.1 cm³/mol. The summed E-state index contributed by atoms with van der Waals surface area (Å²) in [6.07, 6.45) is 1.44. The van der Waals surface area contributed by atoms with Gasteiger partial charge in [0, 0.05) is 18.7 Å². The van der Waals surface area contributed by atoms with Crippen LogP contribution in [0.15, 0.2) is 6.20 Å². The van der Waals surface area contributed by atoms with Crippen molar-refractivity contribution in [2.24, 2.45) is 0 Å². The van der Waals surface area contributed by atoms with Crippen LogP contribution in [-0.2, 0) is 11.3 Å². The van der Waals surface area contributed by atoms with Gasteiger partial charge in [0.25, 0.3) is 0 Å². The Morgan fingerprint density at radius 1 is 1.71 bits per heavy atom. The van der Waals surface area contributed by atoms with E-state index in [9.17, 15) is 14.9 Å². The van der Waals surface area contributed by atoms with Crippen molar-refractivity contribution in [2.75, 3.05) is 12.3 Å². The number of thiol groups is 1. The van der Waals surface area contributed by atoms with Crippen LogP contribution in [-0.4, -0.2) is 32.9 Å². The minimum Gasteiger partial charge on any atom is -0.355 e. The molecule has 8 heteroatoms. The van der Waals surface area contributed by atoms with Crippen LogP contribution < -0.4 is 5.32 Å². The Hall–Kier alpha value is -1.57. The van der Waals surface area contributed by atoms with Crippen LogP contribution in [0.3, 0.4) is 0 Å². The fourth-order valence-electron chi connectivity index (χ4n) is 1.33. The Morgan fingerprint density at radius 3 is 2.94 bits per heavy atom. The first kappa shape index (κ1) is 13.5. The van der Waals surface area contributed by atoms with Gasteiger partial charge in [0.1, 0.15) is 11.9 Å². The second-order valence-corrected chi connectivity index (χ2v) is 3.87. The Bertz CT molecular complexity index is 418. The minimum atomic E-state index is -0.486. The molecule has 0 spiro atoms. The number of aromatic nitrogens is 2. The lowest BCUT2D eigenvalue weighted by molar-refractivity contribution is -0.385. The first-order chi connectivity index (χ1) is 8.06. The van der Waals surface area contributed by atoms with Crippen LogP contribution in [0.1, 0.15) is 12.1 Å². The number of aryl methyl sites for hydroxylation is 1. The second-order valence-electron chi connectivity index (χ2n) is 3.42. The highest BCUT2D eigenvalue weighted by Gasteiger charge is 2.16. The third-order valence-corrected chi connectivity index (χ3v) is 2.48. The lowest BCUT2D eigenvalue weighted by Gasteiger charge is -2.04. The number of hydrogen-bond acceptors (Lipinski definition) is 5. The normalized spacial score (nSPS) is 10.2. The maximum atomic E-state index is 11.3. The number of nitrogens with zero attached hydrogens (tertiary/aromatic N) is 3. The zero-order valence-electron chi connectivity index (χ0n) is 9.42. The first-order valence-corrected chi connectivity index (χ1v) is 5.74. The summed E-state index contributed by atoms with van der Waals surface area (Å²) in [6.45, 7) is 2.45. The average Bonchev–Trinajstić information content (AvgIpc) is 2.65. The fraction of sp³-hybridized carbons (Fsp3) is 0.556. The molecule has 1 aromatic rings. The van der Waals surface area contributed by atoms with Gasteiger partial charge in [-0.05, 0) is 6.92 Å². The molecule has 94 valence electrons. The van der Waals surface area contributed by atoms with Crippen LogP contribution in [0.2, 0.25) is 0 Å². The average molecular weight is 258 g/mol. The Kier molecular flexibility index (Phi) is 4.95. The molecule has 0 atom stereocenters. The van der Waals surface area contributed by atoms with Gasteiger partial charge in [-0.1, -0.05) is 0 Å².